The van der Waals surface area contributed by atoms with E-state index < -0.39 is 33.9 Å². The van der Waals surface area contributed by atoms with Crippen LogP contribution < -0.4 is 5.46 Å². The van der Waals surface area contributed by atoms with Gasteiger partial charge in [0.05, 0.1) is 21.7 Å². The maximum atomic E-state index is 12.5. The molecule has 0 unspecified atom stereocenters. The molecule has 0 spiro atoms. The van der Waals surface area contributed by atoms with Gasteiger partial charge in [0.2, 0.25) is 10.0 Å². The van der Waals surface area contributed by atoms with Crippen molar-refractivity contribution in [3.05, 3.63) is 24.3 Å². The summed E-state index contributed by atoms with van der Waals surface area (Å²) in [5, 5.41) is 9.74. The number of nitrogens with zero attached hydrogens (tertiary/aromatic N) is 1. The summed E-state index contributed by atoms with van der Waals surface area (Å²) < 4.78 is 38.2. The van der Waals surface area contributed by atoms with E-state index in [1.807, 2.05) is 27.7 Å². The minimum Gasteiger partial charge on any atom is -0.399 e. The van der Waals surface area contributed by atoms with Gasteiger partial charge in [-0.05, 0) is 52.2 Å². The fraction of sp³-hybridized carbons (Fsp3) is 0.625. The fourth-order valence-electron chi connectivity index (χ4n) is 2.81. The highest BCUT2D eigenvalue weighted by Gasteiger charge is 2.51. The topological polar surface area (TPSA) is 76.1 Å². The number of hydrogen-bond donors (Lipinski definition) is 1. The van der Waals surface area contributed by atoms with Crippen molar-refractivity contribution in [2.24, 2.45) is 0 Å². The van der Waals surface area contributed by atoms with Crippen molar-refractivity contribution in [1.29, 1.82) is 0 Å². The van der Waals surface area contributed by atoms with Gasteiger partial charge in [-0.1, -0.05) is 12.1 Å². The van der Waals surface area contributed by atoms with Gasteiger partial charge in [0.15, 0.2) is 0 Å². The summed E-state index contributed by atoms with van der Waals surface area (Å²) in [6, 6.07) is 6.55. The summed E-state index contributed by atoms with van der Waals surface area (Å²) in [6.45, 7) is 9.76. The van der Waals surface area contributed by atoms with E-state index in [1.165, 1.54) is 4.31 Å². The van der Waals surface area contributed by atoms with Crippen LogP contribution in [0.2, 0.25) is 0 Å². The van der Waals surface area contributed by atoms with Crippen LogP contribution >= 0.6 is 0 Å². The minimum absolute atomic E-state index is 0.119. The van der Waals surface area contributed by atoms with E-state index in [1.54, 1.807) is 31.2 Å². The average molecular weight is 353 g/mol. The lowest BCUT2D eigenvalue weighted by Gasteiger charge is -2.42. The first-order chi connectivity index (χ1) is 10.8. The Labute approximate surface area is 144 Å². The van der Waals surface area contributed by atoms with Crippen LogP contribution in [0.5, 0.6) is 0 Å². The molecular weight excluding hydrogens is 329 g/mol. The van der Waals surface area contributed by atoms with E-state index in [-0.39, 0.29) is 18.0 Å². The molecule has 0 saturated carbocycles. The Kier molecular flexibility index (Phi) is 3.94. The molecule has 0 radical (unpaired) electrons. The van der Waals surface area contributed by atoms with E-state index in [0.717, 1.165) is 5.46 Å². The summed E-state index contributed by atoms with van der Waals surface area (Å²) in [5.41, 5.74) is -1.03. The molecule has 1 aromatic carbocycles. The Morgan fingerprint density at radius 2 is 1.46 bits per heavy atom. The largest absolute Gasteiger partial charge is 0.494 e. The predicted molar refractivity (Wildman–Crippen MR) is 91.5 cm³/mol. The monoisotopic (exact) mass is 353 g/mol. The Morgan fingerprint density at radius 1 is 1.00 bits per heavy atom. The van der Waals surface area contributed by atoms with Crippen LogP contribution in [-0.2, 0) is 19.3 Å². The summed E-state index contributed by atoms with van der Waals surface area (Å²) >= 11 is 0. The quantitative estimate of drug-likeness (QED) is 0.812. The van der Waals surface area contributed by atoms with Crippen LogP contribution in [0.4, 0.5) is 0 Å². The van der Waals surface area contributed by atoms with E-state index in [4.69, 9.17) is 9.31 Å². The molecule has 6 nitrogen and oxygen atoms in total. The first-order valence-electron chi connectivity index (χ1n) is 8.02. The lowest BCUT2D eigenvalue weighted by molar-refractivity contribution is -0.0426. The number of hydrogen-bond acceptors (Lipinski definition) is 5. The second kappa shape index (κ2) is 5.28. The summed E-state index contributed by atoms with van der Waals surface area (Å²) in [7, 11) is -4.08. The molecule has 0 atom stereocenters. The molecule has 2 heterocycles. The molecule has 0 bridgehead atoms. The number of sulfonamides is 1. The molecular formula is C16H24BNO5S. The maximum Gasteiger partial charge on any atom is 0.494 e. The van der Waals surface area contributed by atoms with Gasteiger partial charge < -0.3 is 14.4 Å². The van der Waals surface area contributed by atoms with Crippen molar-refractivity contribution in [2.45, 2.75) is 56.3 Å². The van der Waals surface area contributed by atoms with Crippen LogP contribution in [0, 0.1) is 0 Å². The van der Waals surface area contributed by atoms with Crippen molar-refractivity contribution >= 4 is 22.6 Å². The normalized spacial score (nSPS) is 25.5. The highest BCUT2D eigenvalue weighted by Crippen LogP contribution is 2.36. The van der Waals surface area contributed by atoms with Gasteiger partial charge in [0.25, 0.3) is 0 Å². The van der Waals surface area contributed by atoms with Crippen molar-refractivity contribution in [2.75, 3.05) is 13.1 Å². The zero-order valence-corrected chi connectivity index (χ0v) is 15.6. The second-order valence-electron chi connectivity index (χ2n) is 7.93. The molecule has 1 aromatic rings. The molecule has 8 heteroatoms. The first-order valence-corrected chi connectivity index (χ1v) is 9.46. The average Bonchev–Trinajstić information content (AvgIpc) is 2.65. The maximum absolute atomic E-state index is 12.5. The molecule has 0 amide bonds. The Balaban J connectivity index is 1.78. The Bertz CT molecular complexity index is 718. The fourth-order valence-corrected chi connectivity index (χ4v) is 4.48. The van der Waals surface area contributed by atoms with Crippen LogP contribution in [-0.4, -0.2) is 54.8 Å². The van der Waals surface area contributed by atoms with Crippen LogP contribution in [0.25, 0.3) is 0 Å². The molecule has 1 N–H and O–H groups in total. The van der Waals surface area contributed by atoms with Crippen molar-refractivity contribution < 1.29 is 22.8 Å². The van der Waals surface area contributed by atoms with Crippen molar-refractivity contribution in [1.82, 2.24) is 4.31 Å². The molecule has 2 aliphatic heterocycles. The smallest absolute Gasteiger partial charge is 0.399 e. The molecule has 0 aliphatic carbocycles. The number of β-amino-alcohol motifs (C(OH)–C–C–N with tert-alkyl or cyclic N) is 1. The SMILES string of the molecule is CC1(O)CN(S(=O)(=O)c2ccc(B3OC(C)(C)C(C)(C)O3)cc2)C1. The zero-order chi connectivity index (χ0) is 18.0. The zero-order valence-electron chi connectivity index (χ0n) is 14.7. The molecule has 2 saturated heterocycles. The van der Waals surface area contributed by atoms with Crippen molar-refractivity contribution in [3.63, 3.8) is 0 Å². The van der Waals surface area contributed by atoms with Gasteiger partial charge in [-0.25, -0.2) is 8.42 Å². The molecule has 132 valence electrons. The van der Waals surface area contributed by atoms with Gasteiger partial charge in [0, 0.05) is 13.1 Å². The number of aliphatic hydroxyl groups is 1. The van der Waals surface area contributed by atoms with E-state index in [9.17, 15) is 13.5 Å². The van der Waals surface area contributed by atoms with Gasteiger partial charge in [-0.2, -0.15) is 4.31 Å². The predicted octanol–water partition coefficient (Wildman–Crippen LogP) is 0.741. The third-order valence-electron chi connectivity index (χ3n) is 5.08. The standard InChI is InChI=1S/C16H24BNO5S/c1-14(2)15(3,4)23-17(22-14)12-6-8-13(9-7-12)24(20,21)18-10-16(5,19)11-18/h6-9,19H,10-11H2,1-5H3. The number of benzene rings is 1. The van der Waals surface area contributed by atoms with Crippen LogP contribution in [0.1, 0.15) is 34.6 Å². The van der Waals surface area contributed by atoms with Gasteiger partial charge in [-0.15, -0.1) is 0 Å². The number of rotatable bonds is 3. The van der Waals surface area contributed by atoms with E-state index in [0.29, 0.717) is 0 Å². The third-order valence-corrected chi connectivity index (χ3v) is 6.88. The summed E-state index contributed by atoms with van der Waals surface area (Å²) in [5.74, 6) is 0. The third kappa shape index (κ3) is 2.90. The molecule has 24 heavy (non-hydrogen) atoms. The molecule has 0 aromatic heterocycles. The Morgan fingerprint density at radius 3 is 1.88 bits per heavy atom. The molecule has 2 aliphatic rings. The Hall–Kier alpha value is -0.925. The summed E-state index contributed by atoms with van der Waals surface area (Å²) in [6.07, 6.45) is 0. The van der Waals surface area contributed by atoms with Gasteiger partial charge in [-0.3, -0.25) is 0 Å². The van der Waals surface area contributed by atoms with Crippen LogP contribution in [0.3, 0.4) is 0 Å². The lowest BCUT2D eigenvalue weighted by atomic mass is 9.79. The second-order valence-corrected chi connectivity index (χ2v) is 9.87. The van der Waals surface area contributed by atoms with E-state index in [2.05, 4.69) is 0 Å². The lowest BCUT2D eigenvalue weighted by Crippen LogP contribution is -2.61. The van der Waals surface area contributed by atoms with Gasteiger partial charge in [0.1, 0.15) is 0 Å². The molecule has 2 fully saturated rings. The first kappa shape index (κ1) is 17.9. The van der Waals surface area contributed by atoms with E-state index >= 15 is 0 Å². The molecule has 3 rings (SSSR count). The van der Waals surface area contributed by atoms with Crippen LogP contribution in [0.15, 0.2) is 29.2 Å². The highest BCUT2D eigenvalue weighted by molar-refractivity contribution is 7.89. The minimum atomic E-state index is -3.57. The van der Waals surface area contributed by atoms with Crippen molar-refractivity contribution in [3.8, 4) is 0 Å². The summed E-state index contributed by atoms with van der Waals surface area (Å²) in [4.78, 5) is 0.207. The van der Waals surface area contributed by atoms with Gasteiger partial charge >= 0.3 is 7.12 Å². The highest BCUT2D eigenvalue weighted by atomic mass is 32.2.